The number of nitro benzene ring substituents is 1. The number of aromatic nitrogens is 2. The molecule has 2 N–H and O–H groups in total. The fourth-order valence-corrected chi connectivity index (χ4v) is 2.26. The molecule has 8 nitrogen and oxygen atoms in total. The summed E-state index contributed by atoms with van der Waals surface area (Å²) in [6, 6.07) is 3.74. The molecule has 0 bridgehead atoms. The number of nitro groups is 1. The minimum atomic E-state index is -3.48. The molecule has 0 amide bonds. The van der Waals surface area contributed by atoms with Crippen LogP contribution in [0.1, 0.15) is 5.82 Å². The molecule has 0 unspecified atom stereocenters. The number of imidazole rings is 1. The van der Waals surface area contributed by atoms with Crippen molar-refractivity contribution >= 4 is 21.2 Å². The highest BCUT2D eigenvalue weighted by molar-refractivity contribution is 7.90. The standard InChI is InChI=1S/C11H12N4O4S/c1-20(18,19)8-2-3-9(10(6-8)15(16)17)14-7-11-12-4-5-13-11/h2-6,14H,7H2,1H3,(H,12,13). The van der Waals surface area contributed by atoms with Crippen molar-refractivity contribution in [2.45, 2.75) is 11.4 Å². The number of rotatable bonds is 5. The van der Waals surface area contributed by atoms with Crippen LogP contribution in [0.2, 0.25) is 0 Å². The normalized spacial score (nSPS) is 11.2. The van der Waals surface area contributed by atoms with Gasteiger partial charge >= 0.3 is 0 Å². The number of hydrogen-bond acceptors (Lipinski definition) is 6. The van der Waals surface area contributed by atoms with E-state index in [1.807, 2.05) is 0 Å². The molecule has 0 saturated carbocycles. The van der Waals surface area contributed by atoms with E-state index in [1.54, 1.807) is 12.4 Å². The van der Waals surface area contributed by atoms with Crippen molar-refractivity contribution in [2.24, 2.45) is 0 Å². The number of hydrogen-bond donors (Lipinski definition) is 2. The van der Waals surface area contributed by atoms with Gasteiger partial charge in [-0.2, -0.15) is 0 Å². The smallest absolute Gasteiger partial charge is 0.293 e. The van der Waals surface area contributed by atoms with Gasteiger partial charge in [-0.3, -0.25) is 10.1 Å². The number of nitrogens with zero attached hydrogens (tertiary/aromatic N) is 2. The molecule has 2 rings (SSSR count). The van der Waals surface area contributed by atoms with Crippen LogP contribution in [0.4, 0.5) is 11.4 Å². The Morgan fingerprint density at radius 3 is 2.75 bits per heavy atom. The van der Waals surface area contributed by atoms with E-state index in [2.05, 4.69) is 15.3 Å². The van der Waals surface area contributed by atoms with Crippen molar-refractivity contribution in [2.75, 3.05) is 11.6 Å². The van der Waals surface area contributed by atoms with E-state index < -0.39 is 14.8 Å². The molecule has 0 spiro atoms. The first kappa shape index (κ1) is 14.0. The van der Waals surface area contributed by atoms with Gasteiger partial charge in [-0.1, -0.05) is 0 Å². The fourth-order valence-electron chi connectivity index (χ4n) is 1.62. The number of benzene rings is 1. The van der Waals surface area contributed by atoms with E-state index >= 15 is 0 Å². The molecule has 1 aromatic carbocycles. The van der Waals surface area contributed by atoms with E-state index in [4.69, 9.17) is 0 Å². The SMILES string of the molecule is CS(=O)(=O)c1ccc(NCc2ncc[nH]2)c([N+](=O)[O-])c1. The van der Waals surface area contributed by atoms with Gasteiger partial charge in [0.1, 0.15) is 11.5 Å². The van der Waals surface area contributed by atoms with Crippen molar-refractivity contribution in [3.63, 3.8) is 0 Å². The third kappa shape index (κ3) is 3.12. The van der Waals surface area contributed by atoms with Crippen LogP contribution < -0.4 is 5.32 Å². The fraction of sp³-hybridized carbons (Fsp3) is 0.182. The molecule has 106 valence electrons. The lowest BCUT2D eigenvalue weighted by molar-refractivity contribution is -0.384. The Morgan fingerprint density at radius 1 is 1.45 bits per heavy atom. The zero-order valence-electron chi connectivity index (χ0n) is 10.5. The van der Waals surface area contributed by atoms with E-state index in [9.17, 15) is 18.5 Å². The highest BCUT2D eigenvalue weighted by atomic mass is 32.2. The average Bonchev–Trinajstić information content (AvgIpc) is 2.88. The van der Waals surface area contributed by atoms with Crippen LogP contribution in [-0.2, 0) is 16.4 Å². The van der Waals surface area contributed by atoms with Crippen molar-refractivity contribution < 1.29 is 13.3 Å². The molecule has 0 radical (unpaired) electrons. The third-order valence-electron chi connectivity index (χ3n) is 2.60. The number of aromatic amines is 1. The Bertz CT molecular complexity index is 725. The lowest BCUT2D eigenvalue weighted by Crippen LogP contribution is -2.05. The van der Waals surface area contributed by atoms with Crippen LogP contribution in [0.15, 0.2) is 35.5 Å². The summed E-state index contributed by atoms with van der Waals surface area (Å²) in [5.41, 5.74) is -0.0571. The number of nitrogens with one attached hydrogen (secondary N) is 2. The number of H-pyrrole nitrogens is 1. The summed E-state index contributed by atoms with van der Waals surface area (Å²) in [5, 5.41) is 13.9. The van der Waals surface area contributed by atoms with Crippen LogP contribution in [0.25, 0.3) is 0 Å². The Morgan fingerprint density at radius 2 is 2.20 bits per heavy atom. The molecule has 2 aromatic rings. The van der Waals surface area contributed by atoms with Crippen molar-refractivity contribution in [3.05, 3.63) is 46.5 Å². The molecule has 1 heterocycles. The second-order valence-corrected chi connectivity index (χ2v) is 6.11. The first-order valence-electron chi connectivity index (χ1n) is 5.58. The van der Waals surface area contributed by atoms with Crippen LogP contribution >= 0.6 is 0 Å². The predicted molar refractivity (Wildman–Crippen MR) is 72.1 cm³/mol. The third-order valence-corrected chi connectivity index (χ3v) is 3.71. The molecule has 1 aromatic heterocycles. The molecular weight excluding hydrogens is 284 g/mol. The molecule has 0 atom stereocenters. The van der Waals surface area contributed by atoms with Gasteiger partial charge in [-0.25, -0.2) is 13.4 Å². The minimum absolute atomic E-state index is 0.0900. The van der Waals surface area contributed by atoms with Gasteiger partial charge in [0.2, 0.25) is 0 Å². The summed E-state index contributed by atoms with van der Waals surface area (Å²) in [6.45, 7) is 0.270. The van der Waals surface area contributed by atoms with Crippen LogP contribution in [0.3, 0.4) is 0 Å². The predicted octanol–water partition coefficient (Wildman–Crippen LogP) is 1.33. The number of sulfone groups is 1. The summed E-state index contributed by atoms with van der Waals surface area (Å²) in [6.07, 6.45) is 4.21. The maximum atomic E-state index is 11.4. The zero-order chi connectivity index (χ0) is 14.8. The van der Waals surface area contributed by atoms with Gasteiger partial charge in [-0.15, -0.1) is 0 Å². The van der Waals surface area contributed by atoms with Gasteiger partial charge in [0.05, 0.1) is 16.4 Å². The second-order valence-electron chi connectivity index (χ2n) is 4.10. The lowest BCUT2D eigenvalue weighted by Gasteiger charge is -2.07. The zero-order valence-corrected chi connectivity index (χ0v) is 11.3. The topological polar surface area (TPSA) is 118 Å². The highest BCUT2D eigenvalue weighted by Gasteiger charge is 2.18. The molecule has 0 aliphatic heterocycles. The molecule has 0 aliphatic rings. The molecular formula is C11H12N4O4S. The summed E-state index contributed by atoms with van der Waals surface area (Å²) in [7, 11) is -3.48. The summed E-state index contributed by atoms with van der Waals surface area (Å²) >= 11 is 0. The average molecular weight is 296 g/mol. The Hall–Kier alpha value is -2.42. The maximum Gasteiger partial charge on any atom is 0.293 e. The van der Waals surface area contributed by atoms with Gasteiger partial charge < -0.3 is 10.3 Å². The van der Waals surface area contributed by atoms with E-state index in [1.165, 1.54) is 12.1 Å². The number of anilines is 1. The first-order chi connectivity index (χ1) is 9.38. The van der Waals surface area contributed by atoms with Gasteiger partial charge in [0, 0.05) is 24.7 Å². The molecule has 0 fully saturated rings. The largest absolute Gasteiger partial charge is 0.372 e. The highest BCUT2D eigenvalue weighted by Crippen LogP contribution is 2.27. The van der Waals surface area contributed by atoms with Gasteiger partial charge in [0.25, 0.3) is 5.69 Å². The van der Waals surface area contributed by atoms with Crippen molar-refractivity contribution in [3.8, 4) is 0 Å². The quantitative estimate of drug-likeness (QED) is 0.634. The summed E-state index contributed by atoms with van der Waals surface area (Å²) < 4.78 is 22.8. The van der Waals surface area contributed by atoms with E-state index in [-0.39, 0.29) is 22.8 Å². The van der Waals surface area contributed by atoms with Crippen LogP contribution in [-0.4, -0.2) is 29.6 Å². The van der Waals surface area contributed by atoms with Crippen molar-refractivity contribution in [1.29, 1.82) is 0 Å². The second kappa shape index (κ2) is 5.29. The minimum Gasteiger partial charge on any atom is -0.372 e. The summed E-state index contributed by atoms with van der Waals surface area (Å²) in [4.78, 5) is 17.1. The lowest BCUT2D eigenvalue weighted by atomic mass is 10.2. The Balaban J connectivity index is 2.31. The van der Waals surface area contributed by atoms with E-state index in [0.717, 1.165) is 12.3 Å². The van der Waals surface area contributed by atoms with E-state index in [0.29, 0.717) is 5.82 Å². The van der Waals surface area contributed by atoms with Gasteiger partial charge in [-0.05, 0) is 12.1 Å². The monoisotopic (exact) mass is 296 g/mol. The van der Waals surface area contributed by atoms with Gasteiger partial charge in [0.15, 0.2) is 9.84 Å². The molecule has 9 heteroatoms. The van der Waals surface area contributed by atoms with Crippen molar-refractivity contribution in [1.82, 2.24) is 9.97 Å². The molecule has 0 saturated heterocycles. The van der Waals surface area contributed by atoms with Crippen LogP contribution in [0, 0.1) is 10.1 Å². The maximum absolute atomic E-state index is 11.4. The molecule has 0 aliphatic carbocycles. The Kier molecular flexibility index (Phi) is 3.70. The summed E-state index contributed by atoms with van der Waals surface area (Å²) in [5.74, 6) is 0.617. The molecule has 20 heavy (non-hydrogen) atoms. The Labute approximate surface area is 114 Å². The first-order valence-corrected chi connectivity index (χ1v) is 7.47. The van der Waals surface area contributed by atoms with Crippen LogP contribution in [0.5, 0.6) is 0 Å².